The first kappa shape index (κ1) is 15.0. The standard InChI is InChI=1S/C16H24N2O2S/c1-2-7-16(20)11-17(12-16)10-15(19)18-8-3-5-13(18)14-6-4-9-21-14/h4,6,9,13,20H,2-3,5,7-8,10-12H2,1H3. The van der Waals surface area contributed by atoms with E-state index in [1.165, 1.54) is 4.88 Å². The molecule has 0 aromatic carbocycles. The van der Waals surface area contributed by atoms with E-state index in [0.29, 0.717) is 19.6 Å². The minimum Gasteiger partial charge on any atom is -0.387 e. The van der Waals surface area contributed by atoms with E-state index < -0.39 is 5.60 Å². The monoisotopic (exact) mass is 308 g/mol. The number of aliphatic hydroxyl groups is 1. The van der Waals surface area contributed by atoms with Crippen LogP contribution < -0.4 is 0 Å². The number of hydrogen-bond donors (Lipinski definition) is 1. The van der Waals surface area contributed by atoms with Gasteiger partial charge in [0.15, 0.2) is 0 Å². The lowest BCUT2D eigenvalue weighted by atomic mass is 9.89. The van der Waals surface area contributed by atoms with E-state index in [1.807, 2.05) is 4.90 Å². The summed E-state index contributed by atoms with van der Waals surface area (Å²) in [5, 5.41) is 12.3. The maximum Gasteiger partial charge on any atom is 0.237 e. The Balaban J connectivity index is 1.54. The average molecular weight is 308 g/mol. The van der Waals surface area contributed by atoms with Crippen LogP contribution >= 0.6 is 11.3 Å². The molecule has 1 amide bonds. The zero-order valence-corrected chi connectivity index (χ0v) is 13.4. The summed E-state index contributed by atoms with van der Waals surface area (Å²) in [7, 11) is 0. The van der Waals surface area contributed by atoms with E-state index in [2.05, 4.69) is 29.3 Å². The number of likely N-dealkylation sites (tertiary alicyclic amines) is 2. The maximum absolute atomic E-state index is 12.5. The van der Waals surface area contributed by atoms with E-state index in [-0.39, 0.29) is 11.9 Å². The molecular formula is C16H24N2O2S. The summed E-state index contributed by atoms with van der Waals surface area (Å²) in [6, 6.07) is 4.46. The molecule has 0 spiro atoms. The highest BCUT2D eigenvalue weighted by molar-refractivity contribution is 7.10. The second-order valence-electron chi connectivity index (χ2n) is 6.38. The summed E-state index contributed by atoms with van der Waals surface area (Å²) in [5.74, 6) is 0.212. The van der Waals surface area contributed by atoms with Crippen molar-refractivity contribution in [1.29, 1.82) is 0 Å². The van der Waals surface area contributed by atoms with Crippen molar-refractivity contribution in [2.24, 2.45) is 0 Å². The lowest BCUT2D eigenvalue weighted by Crippen LogP contribution is -2.63. The molecule has 1 aromatic heterocycles. The second-order valence-corrected chi connectivity index (χ2v) is 7.36. The van der Waals surface area contributed by atoms with Gasteiger partial charge in [0.05, 0.1) is 18.2 Å². The summed E-state index contributed by atoms with van der Waals surface area (Å²) in [6.45, 7) is 4.69. The molecule has 2 aliphatic heterocycles. The Labute approximate surface area is 130 Å². The average Bonchev–Trinajstić information content (AvgIpc) is 3.07. The first-order chi connectivity index (χ1) is 10.1. The molecule has 1 N–H and O–H groups in total. The van der Waals surface area contributed by atoms with Crippen molar-refractivity contribution >= 4 is 17.2 Å². The highest BCUT2D eigenvalue weighted by Gasteiger charge is 2.42. The second kappa shape index (κ2) is 6.07. The van der Waals surface area contributed by atoms with Crippen LogP contribution in [-0.2, 0) is 4.79 Å². The first-order valence-corrected chi connectivity index (χ1v) is 8.77. The first-order valence-electron chi connectivity index (χ1n) is 7.89. The number of β-amino-alcohol motifs (C(OH)–C–C–N with tert-alkyl or cyclic N) is 1. The van der Waals surface area contributed by atoms with E-state index in [4.69, 9.17) is 0 Å². The molecule has 2 fully saturated rings. The third kappa shape index (κ3) is 3.15. The van der Waals surface area contributed by atoms with Crippen molar-refractivity contribution in [3.8, 4) is 0 Å². The fraction of sp³-hybridized carbons (Fsp3) is 0.688. The smallest absolute Gasteiger partial charge is 0.237 e. The fourth-order valence-electron chi connectivity index (χ4n) is 3.65. The molecule has 2 aliphatic rings. The third-order valence-electron chi connectivity index (χ3n) is 4.55. The summed E-state index contributed by atoms with van der Waals surface area (Å²) in [5.41, 5.74) is -0.548. The molecule has 0 saturated carbocycles. The lowest BCUT2D eigenvalue weighted by molar-refractivity contribution is -0.143. The number of rotatable bonds is 5. The van der Waals surface area contributed by atoms with Crippen LogP contribution in [-0.4, -0.2) is 52.6 Å². The van der Waals surface area contributed by atoms with Crippen molar-refractivity contribution in [3.63, 3.8) is 0 Å². The molecule has 3 rings (SSSR count). The Bertz CT molecular complexity index is 482. The Morgan fingerprint density at radius 1 is 1.52 bits per heavy atom. The number of amides is 1. The molecule has 0 bridgehead atoms. The molecule has 116 valence electrons. The number of thiophene rings is 1. The van der Waals surface area contributed by atoms with Crippen molar-refractivity contribution in [3.05, 3.63) is 22.4 Å². The molecule has 5 heteroatoms. The van der Waals surface area contributed by atoms with Gasteiger partial charge in [0.25, 0.3) is 0 Å². The van der Waals surface area contributed by atoms with Gasteiger partial charge in [-0.1, -0.05) is 19.4 Å². The molecule has 21 heavy (non-hydrogen) atoms. The minimum absolute atomic E-state index is 0.212. The Morgan fingerprint density at radius 2 is 2.33 bits per heavy atom. The summed E-state index contributed by atoms with van der Waals surface area (Å²) < 4.78 is 0. The van der Waals surface area contributed by atoms with Crippen molar-refractivity contribution in [2.45, 2.75) is 44.2 Å². The largest absolute Gasteiger partial charge is 0.387 e. The zero-order valence-electron chi connectivity index (χ0n) is 12.6. The molecule has 1 aromatic rings. The van der Waals surface area contributed by atoms with Gasteiger partial charge in [0.1, 0.15) is 0 Å². The highest BCUT2D eigenvalue weighted by Crippen LogP contribution is 2.35. The van der Waals surface area contributed by atoms with Gasteiger partial charge in [0.2, 0.25) is 5.91 Å². The van der Waals surface area contributed by atoms with Crippen LogP contribution in [0.1, 0.15) is 43.5 Å². The van der Waals surface area contributed by atoms with Crippen LogP contribution in [0.4, 0.5) is 0 Å². The van der Waals surface area contributed by atoms with Gasteiger partial charge in [-0.05, 0) is 30.7 Å². The number of hydrogen-bond acceptors (Lipinski definition) is 4. The van der Waals surface area contributed by atoms with Gasteiger partial charge in [-0.2, -0.15) is 0 Å². The Hall–Kier alpha value is -0.910. The maximum atomic E-state index is 12.5. The molecule has 1 atom stereocenters. The van der Waals surface area contributed by atoms with Gasteiger partial charge in [-0.3, -0.25) is 9.69 Å². The van der Waals surface area contributed by atoms with Crippen LogP contribution in [0.5, 0.6) is 0 Å². The van der Waals surface area contributed by atoms with Gasteiger partial charge in [-0.15, -0.1) is 11.3 Å². The fourth-order valence-corrected chi connectivity index (χ4v) is 4.52. The topological polar surface area (TPSA) is 43.8 Å². The van der Waals surface area contributed by atoms with E-state index in [1.54, 1.807) is 11.3 Å². The predicted molar refractivity (Wildman–Crippen MR) is 84.3 cm³/mol. The highest BCUT2D eigenvalue weighted by atomic mass is 32.1. The van der Waals surface area contributed by atoms with Crippen LogP contribution in [0.15, 0.2) is 17.5 Å². The molecule has 0 aliphatic carbocycles. The van der Waals surface area contributed by atoms with Crippen molar-refractivity contribution in [2.75, 3.05) is 26.2 Å². The molecule has 1 unspecified atom stereocenters. The van der Waals surface area contributed by atoms with E-state index >= 15 is 0 Å². The molecule has 3 heterocycles. The van der Waals surface area contributed by atoms with Crippen LogP contribution in [0.3, 0.4) is 0 Å². The molecule has 0 radical (unpaired) electrons. The quantitative estimate of drug-likeness (QED) is 0.907. The van der Waals surface area contributed by atoms with E-state index in [0.717, 1.165) is 32.2 Å². The Kier molecular flexibility index (Phi) is 4.33. The van der Waals surface area contributed by atoms with Crippen molar-refractivity contribution < 1.29 is 9.90 Å². The van der Waals surface area contributed by atoms with Gasteiger partial charge < -0.3 is 10.0 Å². The molecule has 2 saturated heterocycles. The van der Waals surface area contributed by atoms with Crippen LogP contribution in [0.25, 0.3) is 0 Å². The van der Waals surface area contributed by atoms with Gasteiger partial charge >= 0.3 is 0 Å². The summed E-state index contributed by atoms with van der Waals surface area (Å²) in [4.78, 5) is 17.9. The Morgan fingerprint density at radius 3 is 3.00 bits per heavy atom. The summed E-state index contributed by atoms with van der Waals surface area (Å²) in [6.07, 6.45) is 3.99. The number of carbonyl (C=O) groups is 1. The normalized spacial score (nSPS) is 25.0. The molecular weight excluding hydrogens is 284 g/mol. The SMILES string of the molecule is CCCC1(O)CN(CC(=O)N2CCCC2c2cccs2)C1. The molecule has 4 nitrogen and oxygen atoms in total. The minimum atomic E-state index is -0.548. The van der Waals surface area contributed by atoms with E-state index in [9.17, 15) is 9.90 Å². The predicted octanol–water partition coefficient (Wildman–Crippen LogP) is 2.26. The number of nitrogens with zero attached hydrogens (tertiary/aromatic N) is 2. The number of carbonyl (C=O) groups excluding carboxylic acids is 1. The van der Waals surface area contributed by atoms with Crippen LogP contribution in [0, 0.1) is 0 Å². The van der Waals surface area contributed by atoms with Gasteiger partial charge in [0, 0.05) is 24.5 Å². The van der Waals surface area contributed by atoms with Gasteiger partial charge in [-0.25, -0.2) is 0 Å². The third-order valence-corrected chi connectivity index (χ3v) is 5.53. The lowest BCUT2D eigenvalue weighted by Gasteiger charge is -2.46. The summed E-state index contributed by atoms with van der Waals surface area (Å²) >= 11 is 1.74. The zero-order chi connectivity index (χ0) is 14.9. The van der Waals surface area contributed by atoms with Crippen molar-refractivity contribution in [1.82, 2.24) is 9.80 Å². The van der Waals surface area contributed by atoms with Crippen LogP contribution in [0.2, 0.25) is 0 Å².